The maximum absolute atomic E-state index is 5.84. The summed E-state index contributed by atoms with van der Waals surface area (Å²) < 4.78 is 0. The van der Waals surface area contributed by atoms with Gasteiger partial charge in [0.15, 0.2) is 0 Å². The maximum Gasteiger partial charge on any atom is 0.0679 e. The van der Waals surface area contributed by atoms with E-state index in [4.69, 9.17) is 5.73 Å². The standard InChI is InChI=1S/C11H12N2/c12-10-6-2-1-5-9(10)11-7-3-4-8-13-11/h1-2,5-8H,3-4,12H2. The quantitative estimate of drug-likeness (QED) is 0.649. The van der Waals surface area contributed by atoms with Gasteiger partial charge in [-0.25, -0.2) is 0 Å². The molecule has 1 aliphatic rings. The van der Waals surface area contributed by atoms with Gasteiger partial charge >= 0.3 is 0 Å². The number of benzene rings is 1. The first-order valence-electron chi connectivity index (χ1n) is 4.45. The molecule has 0 bridgehead atoms. The summed E-state index contributed by atoms with van der Waals surface area (Å²) in [5.74, 6) is 0. The molecule has 0 unspecified atom stereocenters. The molecule has 0 radical (unpaired) electrons. The smallest absolute Gasteiger partial charge is 0.0679 e. The summed E-state index contributed by atoms with van der Waals surface area (Å²) in [6, 6.07) is 7.83. The van der Waals surface area contributed by atoms with Crippen LogP contribution in [0.25, 0.3) is 5.70 Å². The number of hydrogen-bond acceptors (Lipinski definition) is 2. The van der Waals surface area contributed by atoms with Crippen molar-refractivity contribution >= 4 is 17.6 Å². The third-order valence-corrected chi connectivity index (χ3v) is 2.10. The van der Waals surface area contributed by atoms with Crippen LogP contribution in [0.1, 0.15) is 18.4 Å². The lowest BCUT2D eigenvalue weighted by molar-refractivity contribution is 1.09. The number of rotatable bonds is 1. The molecule has 0 saturated heterocycles. The van der Waals surface area contributed by atoms with E-state index in [0.717, 1.165) is 29.8 Å². The lowest BCUT2D eigenvalue weighted by Gasteiger charge is -2.08. The predicted molar refractivity (Wildman–Crippen MR) is 56.6 cm³/mol. The minimum atomic E-state index is 0.799. The van der Waals surface area contributed by atoms with E-state index in [1.807, 2.05) is 30.5 Å². The van der Waals surface area contributed by atoms with Crippen LogP contribution in [0.2, 0.25) is 0 Å². The van der Waals surface area contributed by atoms with E-state index in [2.05, 4.69) is 11.1 Å². The Hall–Kier alpha value is -1.57. The Morgan fingerprint density at radius 3 is 2.69 bits per heavy atom. The monoisotopic (exact) mass is 172 g/mol. The number of hydrogen-bond donors (Lipinski definition) is 1. The summed E-state index contributed by atoms with van der Waals surface area (Å²) in [6.45, 7) is 0. The van der Waals surface area contributed by atoms with Crippen LogP contribution in [0.5, 0.6) is 0 Å². The van der Waals surface area contributed by atoms with E-state index < -0.39 is 0 Å². The molecule has 2 heteroatoms. The molecule has 0 spiro atoms. The number of nitrogen functional groups attached to an aromatic ring is 1. The normalized spacial score (nSPS) is 15.5. The second-order valence-electron chi connectivity index (χ2n) is 3.07. The van der Waals surface area contributed by atoms with Crippen molar-refractivity contribution in [2.75, 3.05) is 5.73 Å². The van der Waals surface area contributed by atoms with Gasteiger partial charge in [-0.1, -0.05) is 24.3 Å². The number of allylic oxidation sites excluding steroid dienone is 1. The van der Waals surface area contributed by atoms with E-state index in [0.29, 0.717) is 0 Å². The van der Waals surface area contributed by atoms with Crippen molar-refractivity contribution in [1.29, 1.82) is 0 Å². The van der Waals surface area contributed by atoms with Crippen LogP contribution < -0.4 is 5.73 Å². The lowest BCUT2D eigenvalue weighted by Crippen LogP contribution is -1.94. The Morgan fingerprint density at radius 1 is 1.15 bits per heavy atom. The van der Waals surface area contributed by atoms with Gasteiger partial charge in [-0.3, -0.25) is 4.99 Å². The molecule has 1 aliphatic heterocycles. The van der Waals surface area contributed by atoms with Crippen LogP contribution in [0.3, 0.4) is 0 Å². The molecule has 0 aliphatic carbocycles. The molecule has 0 amide bonds. The Labute approximate surface area is 77.8 Å². The molecule has 0 saturated carbocycles. The number of para-hydroxylation sites is 1. The Kier molecular flexibility index (Phi) is 2.13. The van der Waals surface area contributed by atoms with Crippen molar-refractivity contribution in [2.24, 2.45) is 4.99 Å². The first-order valence-corrected chi connectivity index (χ1v) is 4.45. The molecule has 2 nitrogen and oxygen atoms in total. The molecule has 1 heterocycles. The topological polar surface area (TPSA) is 38.4 Å². The van der Waals surface area contributed by atoms with Crippen molar-refractivity contribution in [3.8, 4) is 0 Å². The largest absolute Gasteiger partial charge is 0.398 e. The molecule has 0 aromatic heterocycles. The maximum atomic E-state index is 5.84. The van der Waals surface area contributed by atoms with Crippen LogP contribution in [-0.4, -0.2) is 6.21 Å². The average Bonchev–Trinajstić information content (AvgIpc) is 2.20. The third-order valence-electron chi connectivity index (χ3n) is 2.10. The van der Waals surface area contributed by atoms with Crippen molar-refractivity contribution in [3.63, 3.8) is 0 Å². The van der Waals surface area contributed by atoms with E-state index in [1.54, 1.807) is 0 Å². The molecule has 13 heavy (non-hydrogen) atoms. The van der Waals surface area contributed by atoms with Gasteiger partial charge in [0.2, 0.25) is 0 Å². The zero-order chi connectivity index (χ0) is 9.10. The molecule has 66 valence electrons. The molecule has 2 N–H and O–H groups in total. The van der Waals surface area contributed by atoms with E-state index >= 15 is 0 Å². The molecular formula is C11H12N2. The number of nitrogens with zero attached hydrogens (tertiary/aromatic N) is 1. The SMILES string of the molecule is Nc1ccccc1C1=CCCC=N1. The fourth-order valence-corrected chi connectivity index (χ4v) is 1.42. The lowest BCUT2D eigenvalue weighted by atomic mass is 10.1. The van der Waals surface area contributed by atoms with E-state index in [1.165, 1.54) is 0 Å². The van der Waals surface area contributed by atoms with Crippen LogP contribution in [0.4, 0.5) is 5.69 Å². The van der Waals surface area contributed by atoms with Crippen LogP contribution >= 0.6 is 0 Å². The first kappa shape index (κ1) is 8.05. The van der Waals surface area contributed by atoms with Gasteiger partial charge in [0.25, 0.3) is 0 Å². The van der Waals surface area contributed by atoms with Crippen molar-refractivity contribution in [3.05, 3.63) is 35.9 Å². The third kappa shape index (κ3) is 1.61. The number of nitrogens with two attached hydrogens (primary N) is 1. The van der Waals surface area contributed by atoms with E-state index in [-0.39, 0.29) is 0 Å². The van der Waals surface area contributed by atoms with Crippen LogP contribution in [0, 0.1) is 0 Å². The predicted octanol–water partition coefficient (Wildman–Crippen LogP) is 2.47. The molecule has 0 fully saturated rings. The molecule has 1 aromatic rings. The van der Waals surface area contributed by atoms with Crippen molar-refractivity contribution in [2.45, 2.75) is 12.8 Å². The van der Waals surface area contributed by atoms with Gasteiger partial charge in [0.1, 0.15) is 0 Å². The van der Waals surface area contributed by atoms with Gasteiger partial charge in [-0.05, 0) is 18.9 Å². The second kappa shape index (κ2) is 3.44. The fourth-order valence-electron chi connectivity index (χ4n) is 1.42. The van der Waals surface area contributed by atoms with Gasteiger partial charge in [-0.15, -0.1) is 0 Å². The highest BCUT2D eigenvalue weighted by molar-refractivity contribution is 5.81. The zero-order valence-electron chi connectivity index (χ0n) is 7.40. The molecular weight excluding hydrogens is 160 g/mol. The highest BCUT2D eigenvalue weighted by Crippen LogP contribution is 2.24. The van der Waals surface area contributed by atoms with Crippen molar-refractivity contribution in [1.82, 2.24) is 0 Å². The molecule has 1 aromatic carbocycles. The number of anilines is 1. The minimum absolute atomic E-state index is 0.799. The minimum Gasteiger partial charge on any atom is -0.398 e. The summed E-state index contributed by atoms with van der Waals surface area (Å²) >= 11 is 0. The summed E-state index contributed by atoms with van der Waals surface area (Å²) in [4.78, 5) is 4.32. The van der Waals surface area contributed by atoms with Gasteiger partial charge in [0, 0.05) is 17.5 Å². The van der Waals surface area contributed by atoms with Crippen LogP contribution in [-0.2, 0) is 0 Å². The average molecular weight is 172 g/mol. The summed E-state index contributed by atoms with van der Waals surface area (Å²) in [5, 5.41) is 0. The first-order chi connectivity index (χ1) is 6.38. The molecule has 2 rings (SSSR count). The second-order valence-corrected chi connectivity index (χ2v) is 3.07. The van der Waals surface area contributed by atoms with Gasteiger partial charge in [0.05, 0.1) is 5.70 Å². The Morgan fingerprint density at radius 2 is 2.00 bits per heavy atom. The van der Waals surface area contributed by atoms with Crippen molar-refractivity contribution < 1.29 is 0 Å². The van der Waals surface area contributed by atoms with Crippen LogP contribution in [0.15, 0.2) is 35.3 Å². The molecule has 0 atom stereocenters. The number of aliphatic imine (C=N–C) groups is 1. The summed E-state index contributed by atoms with van der Waals surface area (Å²) in [6.07, 6.45) is 6.18. The van der Waals surface area contributed by atoms with E-state index in [9.17, 15) is 0 Å². The Balaban J connectivity index is 2.40. The Bertz CT molecular complexity index is 364. The summed E-state index contributed by atoms with van der Waals surface area (Å²) in [7, 11) is 0. The van der Waals surface area contributed by atoms with Gasteiger partial charge in [-0.2, -0.15) is 0 Å². The van der Waals surface area contributed by atoms with Gasteiger partial charge < -0.3 is 5.73 Å². The highest BCUT2D eigenvalue weighted by atomic mass is 14.7. The fraction of sp³-hybridized carbons (Fsp3) is 0.182. The summed E-state index contributed by atoms with van der Waals surface area (Å²) in [5.41, 5.74) is 8.68. The highest BCUT2D eigenvalue weighted by Gasteiger charge is 2.04. The zero-order valence-corrected chi connectivity index (χ0v) is 7.40.